The number of amides is 1. The van der Waals surface area contributed by atoms with Crippen molar-refractivity contribution in [1.29, 1.82) is 0 Å². The number of nitrogens with zero attached hydrogens (tertiary/aromatic N) is 2. The van der Waals surface area contributed by atoms with Crippen molar-refractivity contribution in [3.8, 4) is 0 Å². The number of anilines is 1. The van der Waals surface area contributed by atoms with E-state index in [2.05, 4.69) is 12.1 Å². The molecule has 0 N–H and O–H groups in total. The zero-order valence-corrected chi connectivity index (χ0v) is 16.8. The van der Waals surface area contributed by atoms with Crippen LogP contribution in [-0.2, 0) is 17.6 Å². The standard InChI is InChI=1S/C21H22N2O2S2/c24-20(19-12-14-6-1-3-9-17(14)26-19)23(13-15-7-5-11-25-15)21-22-16-8-2-4-10-18(16)27-21/h2,4,8,10,12,15H,1,3,5-7,9,11,13H2. The summed E-state index contributed by atoms with van der Waals surface area (Å²) in [5.41, 5.74) is 2.32. The van der Waals surface area contributed by atoms with Crippen LogP contribution in [0.15, 0.2) is 30.3 Å². The molecule has 140 valence electrons. The maximum atomic E-state index is 13.5. The molecule has 4 nitrogen and oxygen atoms in total. The van der Waals surface area contributed by atoms with E-state index < -0.39 is 0 Å². The van der Waals surface area contributed by atoms with Gasteiger partial charge in [0.25, 0.3) is 5.91 Å². The van der Waals surface area contributed by atoms with Gasteiger partial charge < -0.3 is 4.74 Å². The molecule has 5 rings (SSSR count). The Morgan fingerprint density at radius 2 is 2.07 bits per heavy atom. The predicted octanol–water partition coefficient (Wildman–Crippen LogP) is 5.06. The average Bonchev–Trinajstić information content (AvgIpc) is 3.44. The normalized spacial score (nSPS) is 19.3. The zero-order chi connectivity index (χ0) is 18.2. The van der Waals surface area contributed by atoms with Crippen LogP contribution in [0.5, 0.6) is 0 Å². The monoisotopic (exact) mass is 398 g/mol. The van der Waals surface area contributed by atoms with Gasteiger partial charge in [-0.25, -0.2) is 4.98 Å². The maximum absolute atomic E-state index is 13.5. The zero-order valence-electron chi connectivity index (χ0n) is 15.1. The first-order valence-corrected chi connectivity index (χ1v) is 11.3. The van der Waals surface area contributed by atoms with Gasteiger partial charge in [-0.05, 0) is 62.3 Å². The molecule has 3 heterocycles. The summed E-state index contributed by atoms with van der Waals surface area (Å²) in [6, 6.07) is 10.2. The van der Waals surface area contributed by atoms with Crippen molar-refractivity contribution in [2.75, 3.05) is 18.1 Å². The Hall–Kier alpha value is -1.76. The van der Waals surface area contributed by atoms with Gasteiger partial charge in [0.15, 0.2) is 5.13 Å². The minimum atomic E-state index is 0.0731. The average molecular weight is 399 g/mol. The molecule has 1 aromatic carbocycles. The van der Waals surface area contributed by atoms with Gasteiger partial charge in [-0.2, -0.15) is 0 Å². The quantitative estimate of drug-likeness (QED) is 0.617. The molecule has 1 aliphatic carbocycles. The first-order valence-electron chi connectivity index (χ1n) is 9.68. The molecule has 1 amide bonds. The second kappa shape index (κ2) is 7.34. The van der Waals surface area contributed by atoms with E-state index in [9.17, 15) is 4.79 Å². The first kappa shape index (κ1) is 17.3. The fourth-order valence-electron chi connectivity index (χ4n) is 3.94. The Balaban J connectivity index is 1.50. The molecular weight excluding hydrogens is 376 g/mol. The molecule has 27 heavy (non-hydrogen) atoms. The summed E-state index contributed by atoms with van der Waals surface area (Å²) in [5.74, 6) is 0.0731. The molecule has 3 aromatic rings. The fraction of sp³-hybridized carbons (Fsp3) is 0.429. The number of hydrogen-bond acceptors (Lipinski definition) is 5. The lowest BCUT2D eigenvalue weighted by atomic mass is 9.99. The maximum Gasteiger partial charge on any atom is 0.270 e. The number of fused-ring (bicyclic) bond motifs is 2. The molecule has 2 aromatic heterocycles. The predicted molar refractivity (Wildman–Crippen MR) is 111 cm³/mol. The Morgan fingerprint density at radius 3 is 2.89 bits per heavy atom. The lowest BCUT2D eigenvalue weighted by molar-refractivity contribution is 0.0920. The van der Waals surface area contributed by atoms with Gasteiger partial charge in [0, 0.05) is 11.5 Å². The summed E-state index contributed by atoms with van der Waals surface area (Å²) in [4.78, 5) is 22.3. The summed E-state index contributed by atoms with van der Waals surface area (Å²) in [5, 5.41) is 0.781. The SMILES string of the molecule is O=C(c1cc2c(s1)CCCC2)N(CC1CCCO1)c1nc2ccccc2s1. The summed E-state index contributed by atoms with van der Waals surface area (Å²) < 4.78 is 6.95. The summed E-state index contributed by atoms with van der Waals surface area (Å²) in [6.45, 7) is 1.38. The van der Waals surface area contributed by atoms with E-state index in [1.54, 1.807) is 22.7 Å². The van der Waals surface area contributed by atoms with E-state index in [1.807, 2.05) is 23.1 Å². The highest BCUT2D eigenvalue weighted by Gasteiger charge is 2.29. The highest BCUT2D eigenvalue weighted by atomic mass is 32.1. The van der Waals surface area contributed by atoms with E-state index >= 15 is 0 Å². The number of rotatable bonds is 4. The van der Waals surface area contributed by atoms with E-state index in [4.69, 9.17) is 9.72 Å². The number of carbonyl (C=O) groups excluding carboxylic acids is 1. The highest BCUT2D eigenvalue weighted by Crippen LogP contribution is 2.34. The molecule has 2 aliphatic rings. The minimum Gasteiger partial charge on any atom is -0.376 e. The van der Waals surface area contributed by atoms with Gasteiger partial charge in [-0.15, -0.1) is 11.3 Å². The largest absolute Gasteiger partial charge is 0.376 e. The molecule has 6 heteroatoms. The molecule has 1 atom stereocenters. The summed E-state index contributed by atoms with van der Waals surface area (Å²) in [7, 11) is 0. The van der Waals surface area contributed by atoms with Gasteiger partial charge in [0.2, 0.25) is 0 Å². The number of aryl methyl sites for hydroxylation is 2. The van der Waals surface area contributed by atoms with Crippen molar-refractivity contribution in [3.63, 3.8) is 0 Å². The van der Waals surface area contributed by atoms with Gasteiger partial charge in [-0.3, -0.25) is 9.69 Å². The second-order valence-electron chi connectivity index (χ2n) is 7.28. The van der Waals surface area contributed by atoms with Crippen LogP contribution < -0.4 is 4.90 Å². The topological polar surface area (TPSA) is 42.4 Å². The van der Waals surface area contributed by atoms with Crippen molar-refractivity contribution in [2.24, 2.45) is 0 Å². The number of benzene rings is 1. The lowest BCUT2D eigenvalue weighted by Gasteiger charge is -2.22. The van der Waals surface area contributed by atoms with Gasteiger partial charge in [0.05, 0.1) is 27.7 Å². The van der Waals surface area contributed by atoms with Crippen molar-refractivity contribution >= 4 is 43.9 Å². The minimum absolute atomic E-state index is 0.0731. The number of thiophene rings is 1. The summed E-state index contributed by atoms with van der Waals surface area (Å²) >= 11 is 3.27. The third-order valence-corrected chi connectivity index (χ3v) is 7.66. The Labute approximate surface area is 166 Å². The van der Waals surface area contributed by atoms with Gasteiger partial charge >= 0.3 is 0 Å². The molecule has 0 bridgehead atoms. The molecule has 0 saturated carbocycles. The molecule has 1 aliphatic heterocycles. The highest BCUT2D eigenvalue weighted by molar-refractivity contribution is 7.22. The Morgan fingerprint density at radius 1 is 1.19 bits per heavy atom. The third kappa shape index (κ3) is 3.42. The van der Waals surface area contributed by atoms with E-state index in [1.165, 1.54) is 23.3 Å². The van der Waals surface area contributed by atoms with Crippen LogP contribution in [0.4, 0.5) is 5.13 Å². The van der Waals surface area contributed by atoms with Crippen LogP contribution in [-0.4, -0.2) is 30.1 Å². The van der Waals surface area contributed by atoms with E-state index in [0.29, 0.717) is 6.54 Å². The molecular formula is C21H22N2O2S2. The van der Waals surface area contributed by atoms with Gasteiger partial charge in [-0.1, -0.05) is 23.5 Å². The smallest absolute Gasteiger partial charge is 0.270 e. The second-order valence-corrected chi connectivity index (χ2v) is 9.43. The van der Waals surface area contributed by atoms with Crippen molar-refractivity contribution in [3.05, 3.63) is 45.6 Å². The van der Waals surface area contributed by atoms with Crippen LogP contribution in [0, 0.1) is 0 Å². The summed E-state index contributed by atoms with van der Waals surface area (Å²) in [6.07, 6.45) is 6.87. The third-order valence-electron chi connectivity index (χ3n) is 5.38. The van der Waals surface area contributed by atoms with Crippen LogP contribution in [0.3, 0.4) is 0 Å². The fourth-order valence-corrected chi connectivity index (χ4v) is 6.12. The molecule has 0 radical (unpaired) electrons. The van der Waals surface area contributed by atoms with Crippen molar-refractivity contribution in [2.45, 2.75) is 44.6 Å². The lowest BCUT2D eigenvalue weighted by Crippen LogP contribution is -2.37. The molecule has 1 unspecified atom stereocenters. The van der Waals surface area contributed by atoms with Gasteiger partial charge in [0.1, 0.15) is 0 Å². The number of hydrogen-bond donors (Lipinski definition) is 0. The number of aromatic nitrogens is 1. The van der Waals surface area contributed by atoms with Crippen LogP contribution in [0.25, 0.3) is 10.2 Å². The number of ether oxygens (including phenoxy) is 1. The number of thiazole rings is 1. The number of carbonyl (C=O) groups is 1. The number of para-hydroxylation sites is 1. The Bertz CT molecular complexity index is 915. The molecule has 0 spiro atoms. The van der Waals surface area contributed by atoms with Crippen LogP contribution in [0.2, 0.25) is 0 Å². The first-order chi connectivity index (χ1) is 13.3. The van der Waals surface area contributed by atoms with Crippen LogP contribution >= 0.6 is 22.7 Å². The van der Waals surface area contributed by atoms with Crippen molar-refractivity contribution in [1.82, 2.24) is 4.98 Å². The van der Waals surface area contributed by atoms with E-state index in [0.717, 1.165) is 52.5 Å². The van der Waals surface area contributed by atoms with Crippen molar-refractivity contribution < 1.29 is 9.53 Å². The Kier molecular flexibility index (Phi) is 4.71. The van der Waals surface area contributed by atoms with Crippen LogP contribution in [0.1, 0.15) is 45.8 Å². The molecule has 1 fully saturated rings. The van der Waals surface area contributed by atoms with E-state index in [-0.39, 0.29) is 12.0 Å². The molecule has 1 saturated heterocycles.